The lowest BCUT2D eigenvalue weighted by atomic mass is 10.1. The molecule has 0 saturated heterocycles. The summed E-state index contributed by atoms with van der Waals surface area (Å²) in [6.45, 7) is 2.02. The van der Waals surface area contributed by atoms with E-state index in [1.54, 1.807) is 43.0 Å². The van der Waals surface area contributed by atoms with E-state index in [1.807, 2.05) is 0 Å². The summed E-state index contributed by atoms with van der Waals surface area (Å²) in [4.78, 5) is 12.1. The van der Waals surface area contributed by atoms with Crippen LogP contribution < -0.4 is 11.1 Å². The first kappa shape index (κ1) is 13.1. The first-order valence-electron chi connectivity index (χ1n) is 5.85. The fraction of sp³-hybridized carbons (Fsp3) is 0.231. The molecule has 2 rings (SSSR count). The number of aryl methyl sites for hydroxylation is 2. The maximum atomic E-state index is 12.1. The number of aromatic nitrogens is 2. The number of amides is 1. The number of rotatable bonds is 3. The number of aromatic hydroxyl groups is 1. The summed E-state index contributed by atoms with van der Waals surface area (Å²) in [5.74, 6) is -0.0178. The number of nitrogens with one attached hydrogen (secondary N) is 1. The van der Waals surface area contributed by atoms with Gasteiger partial charge in [-0.3, -0.25) is 9.48 Å². The molecule has 0 spiro atoms. The molecule has 0 unspecified atom stereocenters. The molecule has 0 saturated carbocycles. The van der Waals surface area contributed by atoms with E-state index in [0.29, 0.717) is 11.4 Å². The molecule has 0 aliphatic carbocycles. The van der Waals surface area contributed by atoms with Crippen molar-refractivity contribution in [1.29, 1.82) is 0 Å². The standard InChI is InChI=1S/C13H16N4O2/c1-8-4-3-5-10(11(8)18)13(19)15-12-9(6-14)7-17(2)16-12/h3-5,7,18H,6,14H2,1-2H3,(H,15,16,19). The van der Waals surface area contributed by atoms with Gasteiger partial charge in [-0.2, -0.15) is 5.10 Å². The molecule has 100 valence electrons. The Labute approximate surface area is 110 Å². The average Bonchev–Trinajstić information content (AvgIpc) is 2.72. The third kappa shape index (κ3) is 2.58. The van der Waals surface area contributed by atoms with Crippen LogP contribution in [0.1, 0.15) is 21.5 Å². The zero-order valence-corrected chi connectivity index (χ0v) is 10.8. The number of carbonyl (C=O) groups is 1. The van der Waals surface area contributed by atoms with Crippen molar-refractivity contribution in [2.24, 2.45) is 12.8 Å². The van der Waals surface area contributed by atoms with Gasteiger partial charge in [0.25, 0.3) is 5.91 Å². The normalized spacial score (nSPS) is 10.5. The van der Waals surface area contributed by atoms with Crippen molar-refractivity contribution in [3.8, 4) is 5.75 Å². The number of anilines is 1. The summed E-state index contributed by atoms with van der Waals surface area (Å²) in [5.41, 5.74) is 7.18. The largest absolute Gasteiger partial charge is 0.507 e. The molecule has 6 heteroatoms. The highest BCUT2D eigenvalue weighted by atomic mass is 16.3. The number of para-hydroxylation sites is 1. The highest BCUT2D eigenvalue weighted by Crippen LogP contribution is 2.22. The van der Waals surface area contributed by atoms with Gasteiger partial charge >= 0.3 is 0 Å². The quantitative estimate of drug-likeness (QED) is 0.771. The smallest absolute Gasteiger partial charge is 0.260 e. The van der Waals surface area contributed by atoms with E-state index in [-0.39, 0.29) is 17.9 Å². The van der Waals surface area contributed by atoms with Gasteiger partial charge in [0.1, 0.15) is 5.75 Å². The van der Waals surface area contributed by atoms with Crippen molar-refractivity contribution in [3.63, 3.8) is 0 Å². The van der Waals surface area contributed by atoms with Gasteiger partial charge < -0.3 is 16.2 Å². The Kier molecular flexibility index (Phi) is 3.52. The lowest BCUT2D eigenvalue weighted by Crippen LogP contribution is -2.14. The van der Waals surface area contributed by atoms with E-state index in [4.69, 9.17) is 5.73 Å². The van der Waals surface area contributed by atoms with Crippen LogP contribution in [0.25, 0.3) is 0 Å². The Hall–Kier alpha value is -2.34. The third-order valence-electron chi connectivity index (χ3n) is 2.84. The molecule has 1 amide bonds. The van der Waals surface area contributed by atoms with Crippen LogP contribution in [0.4, 0.5) is 5.82 Å². The SMILES string of the molecule is Cc1cccc(C(=O)Nc2nn(C)cc2CN)c1O. The zero-order valence-electron chi connectivity index (χ0n) is 10.8. The van der Waals surface area contributed by atoms with Crippen LogP contribution in [0.5, 0.6) is 5.75 Å². The van der Waals surface area contributed by atoms with Crippen molar-refractivity contribution < 1.29 is 9.90 Å². The van der Waals surface area contributed by atoms with Crippen LogP contribution >= 0.6 is 0 Å². The molecule has 0 radical (unpaired) electrons. The summed E-state index contributed by atoms with van der Waals surface area (Å²) < 4.78 is 1.58. The number of phenols is 1. The Morgan fingerprint density at radius 1 is 1.53 bits per heavy atom. The molecule has 0 bridgehead atoms. The number of nitrogens with zero attached hydrogens (tertiary/aromatic N) is 2. The minimum Gasteiger partial charge on any atom is -0.507 e. The number of phenolic OH excluding ortho intramolecular Hbond substituents is 1. The predicted molar refractivity (Wildman–Crippen MR) is 71.9 cm³/mol. The maximum Gasteiger partial charge on any atom is 0.260 e. The van der Waals surface area contributed by atoms with Crippen molar-refractivity contribution in [1.82, 2.24) is 9.78 Å². The molecule has 19 heavy (non-hydrogen) atoms. The first-order chi connectivity index (χ1) is 9.02. The Morgan fingerprint density at radius 2 is 2.26 bits per heavy atom. The predicted octanol–water partition coefficient (Wildman–Crippen LogP) is 1.15. The van der Waals surface area contributed by atoms with E-state index in [9.17, 15) is 9.90 Å². The lowest BCUT2D eigenvalue weighted by Gasteiger charge is -2.07. The number of hydrogen-bond acceptors (Lipinski definition) is 4. The van der Waals surface area contributed by atoms with Gasteiger partial charge in [-0.25, -0.2) is 0 Å². The lowest BCUT2D eigenvalue weighted by molar-refractivity contribution is 0.102. The van der Waals surface area contributed by atoms with Crippen LogP contribution in [0.3, 0.4) is 0 Å². The van der Waals surface area contributed by atoms with Crippen molar-refractivity contribution >= 4 is 11.7 Å². The summed E-state index contributed by atoms with van der Waals surface area (Å²) >= 11 is 0. The highest BCUT2D eigenvalue weighted by Gasteiger charge is 2.15. The summed E-state index contributed by atoms with van der Waals surface area (Å²) in [7, 11) is 1.75. The topological polar surface area (TPSA) is 93.2 Å². The second-order valence-corrected chi connectivity index (χ2v) is 4.31. The molecule has 1 aromatic carbocycles. The van der Waals surface area contributed by atoms with Crippen LogP contribution in [0, 0.1) is 6.92 Å². The zero-order chi connectivity index (χ0) is 14.0. The fourth-order valence-electron chi connectivity index (χ4n) is 1.81. The van der Waals surface area contributed by atoms with E-state index in [2.05, 4.69) is 10.4 Å². The molecule has 6 nitrogen and oxygen atoms in total. The van der Waals surface area contributed by atoms with Crippen LogP contribution in [-0.4, -0.2) is 20.8 Å². The number of carbonyl (C=O) groups excluding carboxylic acids is 1. The number of nitrogens with two attached hydrogens (primary N) is 1. The molecule has 0 aliphatic rings. The minimum absolute atomic E-state index is 0.0229. The van der Waals surface area contributed by atoms with E-state index in [1.165, 1.54) is 0 Å². The van der Waals surface area contributed by atoms with Gasteiger partial charge in [0, 0.05) is 25.4 Å². The van der Waals surface area contributed by atoms with E-state index >= 15 is 0 Å². The Morgan fingerprint density at radius 3 is 2.95 bits per heavy atom. The second-order valence-electron chi connectivity index (χ2n) is 4.31. The summed E-state index contributed by atoms with van der Waals surface area (Å²) in [5, 5.41) is 16.6. The van der Waals surface area contributed by atoms with Gasteiger partial charge in [0.2, 0.25) is 0 Å². The molecule has 0 aliphatic heterocycles. The molecule has 2 aromatic rings. The molecule has 1 heterocycles. The van der Waals surface area contributed by atoms with Crippen molar-refractivity contribution in [3.05, 3.63) is 41.1 Å². The average molecular weight is 260 g/mol. The molecular formula is C13H16N4O2. The molecule has 0 fully saturated rings. The Bertz CT molecular complexity index is 619. The summed E-state index contributed by atoms with van der Waals surface area (Å²) in [6, 6.07) is 5.01. The fourth-order valence-corrected chi connectivity index (χ4v) is 1.81. The van der Waals surface area contributed by atoms with Crippen molar-refractivity contribution in [2.75, 3.05) is 5.32 Å². The number of hydrogen-bond donors (Lipinski definition) is 3. The molecule has 1 aromatic heterocycles. The third-order valence-corrected chi connectivity index (χ3v) is 2.84. The molecule has 0 atom stereocenters. The van der Waals surface area contributed by atoms with Crippen molar-refractivity contribution in [2.45, 2.75) is 13.5 Å². The van der Waals surface area contributed by atoms with Gasteiger partial charge in [-0.15, -0.1) is 0 Å². The van der Waals surface area contributed by atoms with Gasteiger partial charge in [-0.1, -0.05) is 12.1 Å². The molecular weight excluding hydrogens is 244 g/mol. The molecule has 4 N–H and O–H groups in total. The highest BCUT2D eigenvalue weighted by molar-refractivity contribution is 6.06. The van der Waals surface area contributed by atoms with Gasteiger partial charge in [0.15, 0.2) is 5.82 Å². The Balaban J connectivity index is 2.28. The summed E-state index contributed by atoms with van der Waals surface area (Å²) in [6.07, 6.45) is 1.74. The monoisotopic (exact) mass is 260 g/mol. The van der Waals surface area contributed by atoms with Crippen LogP contribution in [0.15, 0.2) is 24.4 Å². The van der Waals surface area contributed by atoms with Crippen LogP contribution in [0.2, 0.25) is 0 Å². The minimum atomic E-state index is -0.408. The first-order valence-corrected chi connectivity index (χ1v) is 5.85. The van der Waals surface area contributed by atoms with E-state index in [0.717, 1.165) is 5.56 Å². The van der Waals surface area contributed by atoms with Gasteiger partial charge in [0.05, 0.1) is 5.56 Å². The second kappa shape index (κ2) is 5.11. The van der Waals surface area contributed by atoms with E-state index < -0.39 is 5.91 Å². The van der Waals surface area contributed by atoms with Gasteiger partial charge in [-0.05, 0) is 18.6 Å². The number of benzene rings is 1. The maximum absolute atomic E-state index is 12.1. The van der Waals surface area contributed by atoms with Crippen LogP contribution in [-0.2, 0) is 13.6 Å².